The van der Waals surface area contributed by atoms with Crippen LogP contribution in [0.5, 0.6) is 0 Å². The third kappa shape index (κ3) is 2.97. The highest BCUT2D eigenvalue weighted by Crippen LogP contribution is 2.16. The number of ether oxygens (including phenoxy) is 1. The molecule has 2 rings (SSSR count). The molecule has 0 atom stereocenters. The lowest BCUT2D eigenvalue weighted by atomic mass is 10.2. The third-order valence-corrected chi connectivity index (χ3v) is 2.76. The molecule has 0 unspecified atom stereocenters. The van der Waals surface area contributed by atoms with Crippen molar-refractivity contribution in [3.63, 3.8) is 0 Å². The van der Waals surface area contributed by atoms with Crippen molar-refractivity contribution in [3.05, 3.63) is 24.4 Å². The van der Waals surface area contributed by atoms with E-state index in [1.807, 2.05) is 29.1 Å². The van der Waals surface area contributed by atoms with Gasteiger partial charge in [-0.2, -0.15) is 5.10 Å². The van der Waals surface area contributed by atoms with Gasteiger partial charge in [-0.3, -0.25) is 4.68 Å². The molecule has 0 amide bonds. The third-order valence-electron chi connectivity index (χ3n) is 2.76. The van der Waals surface area contributed by atoms with Gasteiger partial charge >= 0.3 is 0 Å². The van der Waals surface area contributed by atoms with Crippen LogP contribution in [0, 0.1) is 0 Å². The first-order valence-electron chi connectivity index (χ1n) is 6.10. The van der Waals surface area contributed by atoms with E-state index in [0.717, 1.165) is 36.2 Å². The monoisotopic (exact) mass is 233 g/mol. The Kier molecular flexibility index (Phi) is 3.98. The van der Waals surface area contributed by atoms with Crippen molar-refractivity contribution in [2.45, 2.75) is 26.3 Å². The second-order valence-corrected chi connectivity index (χ2v) is 4.15. The number of nitrogens with zero attached hydrogens (tertiary/aromatic N) is 2. The highest BCUT2D eigenvalue weighted by Gasteiger charge is 2.02. The number of nitrogens with two attached hydrogens (primary N) is 1. The summed E-state index contributed by atoms with van der Waals surface area (Å²) in [6, 6.07) is 5.84. The van der Waals surface area contributed by atoms with Gasteiger partial charge in [-0.25, -0.2) is 0 Å². The molecular formula is C13H19N3O. The summed E-state index contributed by atoms with van der Waals surface area (Å²) >= 11 is 0. The molecule has 4 nitrogen and oxygen atoms in total. The Labute approximate surface area is 101 Å². The summed E-state index contributed by atoms with van der Waals surface area (Å²) in [5, 5.41) is 5.45. The Morgan fingerprint density at radius 1 is 1.35 bits per heavy atom. The number of aromatic nitrogens is 2. The zero-order valence-electron chi connectivity index (χ0n) is 10.2. The quantitative estimate of drug-likeness (QED) is 0.616. The number of nitrogen functional groups attached to an aromatic ring is 1. The molecule has 92 valence electrons. The molecule has 0 aliphatic carbocycles. The van der Waals surface area contributed by atoms with Crippen molar-refractivity contribution >= 4 is 16.6 Å². The van der Waals surface area contributed by atoms with Gasteiger partial charge in [-0.05, 0) is 24.6 Å². The second kappa shape index (κ2) is 5.68. The maximum Gasteiger partial charge on any atom is 0.0703 e. The van der Waals surface area contributed by atoms with Gasteiger partial charge in [0.15, 0.2) is 0 Å². The van der Waals surface area contributed by atoms with E-state index in [1.54, 1.807) is 0 Å². The number of anilines is 1. The van der Waals surface area contributed by atoms with Crippen LogP contribution in [0.25, 0.3) is 10.9 Å². The lowest BCUT2D eigenvalue weighted by molar-refractivity contribution is 0.122. The van der Waals surface area contributed by atoms with E-state index in [2.05, 4.69) is 12.0 Å². The van der Waals surface area contributed by atoms with E-state index in [9.17, 15) is 0 Å². The fourth-order valence-electron chi connectivity index (χ4n) is 1.77. The van der Waals surface area contributed by atoms with Crippen LogP contribution in [0.1, 0.15) is 19.8 Å². The molecule has 4 heteroatoms. The summed E-state index contributed by atoms with van der Waals surface area (Å²) in [5.74, 6) is 0. The van der Waals surface area contributed by atoms with Gasteiger partial charge < -0.3 is 10.5 Å². The Morgan fingerprint density at radius 2 is 2.24 bits per heavy atom. The molecule has 1 heterocycles. The predicted octanol–water partition coefficient (Wildman–Crippen LogP) is 2.44. The fourth-order valence-corrected chi connectivity index (χ4v) is 1.77. The highest BCUT2D eigenvalue weighted by molar-refractivity contribution is 5.81. The summed E-state index contributed by atoms with van der Waals surface area (Å²) < 4.78 is 7.48. The molecule has 1 aromatic carbocycles. The summed E-state index contributed by atoms with van der Waals surface area (Å²) in [7, 11) is 0. The number of hydrogen-bond acceptors (Lipinski definition) is 3. The van der Waals surface area contributed by atoms with Gasteiger partial charge in [0.05, 0.1) is 24.9 Å². The molecular weight excluding hydrogens is 214 g/mol. The fraction of sp³-hybridized carbons (Fsp3) is 0.462. The van der Waals surface area contributed by atoms with Crippen molar-refractivity contribution in [1.82, 2.24) is 9.78 Å². The molecule has 0 spiro atoms. The molecule has 0 aliphatic heterocycles. The average Bonchev–Trinajstić information content (AvgIpc) is 2.72. The van der Waals surface area contributed by atoms with E-state index in [1.165, 1.54) is 6.42 Å². The van der Waals surface area contributed by atoms with E-state index < -0.39 is 0 Å². The van der Waals surface area contributed by atoms with Crippen LogP contribution in [0.3, 0.4) is 0 Å². The Bertz CT molecular complexity index is 478. The first-order valence-corrected chi connectivity index (χ1v) is 6.10. The van der Waals surface area contributed by atoms with Gasteiger partial charge in [0, 0.05) is 17.7 Å². The van der Waals surface area contributed by atoms with Crippen molar-refractivity contribution < 1.29 is 4.74 Å². The Hall–Kier alpha value is -1.55. The summed E-state index contributed by atoms with van der Waals surface area (Å²) in [4.78, 5) is 0. The maximum absolute atomic E-state index is 5.77. The molecule has 17 heavy (non-hydrogen) atoms. The normalized spacial score (nSPS) is 11.1. The molecule has 0 saturated carbocycles. The topological polar surface area (TPSA) is 53.1 Å². The smallest absolute Gasteiger partial charge is 0.0703 e. The van der Waals surface area contributed by atoms with E-state index >= 15 is 0 Å². The summed E-state index contributed by atoms with van der Waals surface area (Å²) in [6.07, 6.45) is 4.15. The van der Waals surface area contributed by atoms with Crippen molar-refractivity contribution in [3.8, 4) is 0 Å². The lowest BCUT2D eigenvalue weighted by Gasteiger charge is -2.05. The SMILES string of the molecule is CCCCOCCn1ncc2ccc(N)cc21. The number of hydrogen-bond donors (Lipinski definition) is 1. The predicted molar refractivity (Wildman–Crippen MR) is 69.9 cm³/mol. The minimum absolute atomic E-state index is 0.700. The molecule has 2 aromatic rings. The van der Waals surface area contributed by atoms with Crippen LogP contribution in [0.4, 0.5) is 5.69 Å². The van der Waals surface area contributed by atoms with Crippen LogP contribution < -0.4 is 5.73 Å². The molecule has 0 fully saturated rings. The minimum Gasteiger partial charge on any atom is -0.399 e. The number of fused-ring (bicyclic) bond motifs is 1. The van der Waals surface area contributed by atoms with Crippen LogP contribution in [-0.2, 0) is 11.3 Å². The van der Waals surface area contributed by atoms with Crippen molar-refractivity contribution in [2.24, 2.45) is 0 Å². The van der Waals surface area contributed by atoms with E-state index in [-0.39, 0.29) is 0 Å². The summed E-state index contributed by atoms with van der Waals surface area (Å²) in [5.41, 5.74) is 7.62. The van der Waals surface area contributed by atoms with Crippen LogP contribution in [0.2, 0.25) is 0 Å². The van der Waals surface area contributed by atoms with Crippen LogP contribution in [-0.4, -0.2) is 23.0 Å². The summed E-state index contributed by atoms with van der Waals surface area (Å²) in [6.45, 7) is 4.47. The van der Waals surface area contributed by atoms with Gasteiger partial charge in [0.1, 0.15) is 0 Å². The van der Waals surface area contributed by atoms with Gasteiger partial charge in [-0.15, -0.1) is 0 Å². The van der Waals surface area contributed by atoms with E-state index in [0.29, 0.717) is 6.61 Å². The number of unbranched alkanes of at least 4 members (excludes halogenated alkanes) is 1. The maximum atomic E-state index is 5.77. The molecule has 0 aliphatic rings. The zero-order valence-corrected chi connectivity index (χ0v) is 10.2. The molecule has 0 saturated heterocycles. The molecule has 0 radical (unpaired) electrons. The average molecular weight is 233 g/mol. The van der Waals surface area contributed by atoms with Gasteiger partial charge in [0.2, 0.25) is 0 Å². The van der Waals surface area contributed by atoms with Crippen molar-refractivity contribution in [2.75, 3.05) is 18.9 Å². The first-order chi connectivity index (χ1) is 8.31. The van der Waals surface area contributed by atoms with Gasteiger partial charge in [-0.1, -0.05) is 13.3 Å². The Balaban J connectivity index is 1.96. The number of benzene rings is 1. The molecule has 0 bridgehead atoms. The van der Waals surface area contributed by atoms with Crippen molar-refractivity contribution in [1.29, 1.82) is 0 Å². The lowest BCUT2D eigenvalue weighted by Crippen LogP contribution is -2.08. The van der Waals surface area contributed by atoms with Crippen LogP contribution >= 0.6 is 0 Å². The number of rotatable bonds is 6. The first kappa shape index (κ1) is 11.9. The van der Waals surface area contributed by atoms with E-state index in [4.69, 9.17) is 10.5 Å². The Morgan fingerprint density at radius 3 is 3.06 bits per heavy atom. The molecule has 2 N–H and O–H groups in total. The highest BCUT2D eigenvalue weighted by atomic mass is 16.5. The largest absolute Gasteiger partial charge is 0.399 e. The van der Waals surface area contributed by atoms with Gasteiger partial charge in [0.25, 0.3) is 0 Å². The second-order valence-electron chi connectivity index (χ2n) is 4.15. The zero-order chi connectivity index (χ0) is 12.1. The van der Waals surface area contributed by atoms with Crippen LogP contribution in [0.15, 0.2) is 24.4 Å². The minimum atomic E-state index is 0.700. The standard InChI is InChI=1S/C13H19N3O/c1-2-3-7-17-8-6-16-13-9-12(14)5-4-11(13)10-15-16/h4-5,9-10H,2-3,6-8,14H2,1H3. The molecule has 1 aromatic heterocycles.